The summed E-state index contributed by atoms with van der Waals surface area (Å²) in [5.74, 6) is 0.566. The summed E-state index contributed by atoms with van der Waals surface area (Å²) < 4.78 is 30.0. The Bertz CT molecular complexity index is 831. The zero-order valence-electron chi connectivity index (χ0n) is 16.6. The molecule has 26 heavy (non-hydrogen) atoms. The van der Waals surface area contributed by atoms with E-state index in [1.165, 1.54) is 6.20 Å². The summed E-state index contributed by atoms with van der Waals surface area (Å²) in [4.78, 5) is 4.47. The maximum Gasteiger partial charge on any atom is 0.263 e. The molecule has 2 rings (SSSR count). The Morgan fingerprint density at radius 1 is 1.19 bits per heavy atom. The topological polar surface area (TPSA) is 76.9 Å². The van der Waals surface area contributed by atoms with Gasteiger partial charge in [-0.3, -0.25) is 14.4 Å². The van der Waals surface area contributed by atoms with Crippen LogP contribution in [-0.2, 0) is 28.4 Å². The first-order valence-electron chi connectivity index (χ1n) is 9.08. The summed E-state index contributed by atoms with van der Waals surface area (Å²) in [6, 6.07) is 3.37. The van der Waals surface area contributed by atoms with Crippen molar-refractivity contribution in [2.75, 3.05) is 4.72 Å². The van der Waals surface area contributed by atoms with E-state index in [0.29, 0.717) is 18.0 Å². The van der Waals surface area contributed by atoms with Crippen LogP contribution in [0.2, 0.25) is 0 Å². The highest BCUT2D eigenvalue weighted by molar-refractivity contribution is 7.92. The van der Waals surface area contributed by atoms with Crippen LogP contribution in [0.5, 0.6) is 0 Å². The van der Waals surface area contributed by atoms with Crippen LogP contribution in [0, 0.1) is 5.92 Å². The number of aryl methyl sites for hydroxylation is 1. The maximum atomic E-state index is 12.7. The van der Waals surface area contributed by atoms with Gasteiger partial charge >= 0.3 is 0 Å². The molecule has 0 aliphatic rings. The third-order valence-corrected chi connectivity index (χ3v) is 5.61. The lowest BCUT2D eigenvalue weighted by molar-refractivity contribution is 0.477. The van der Waals surface area contributed by atoms with Crippen molar-refractivity contribution in [3.63, 3.8) is 0 Å². The molecular weight excluding hydrogens is 348 g/mol. The molecule has 7 heteroatoms. The first-order chi connectivity index (χ1) is 12.0. The maximum absolute atomic E-state index is 12.7. The van der Waals surface area contributed by atoms with Gasteiger partial charge in [0.05, 0.1) is 17.6 Å². The van der Waals surface area contributed by atoms with Gasteiger partial charge in [-0.25, -0.2) is 8.42 Å². The fourth-order valence-electron chi connectivity index (χ4n) is 2.63. The fraction of sp³-hybridized carbons (Fsp3) is 0.579. The summed E-state index contributed by atoms with van der Waals surface area (Å²) in [6.45, 7) is 13.2. The van der Waals surface area contributed by atoms with Crippen LogP contribution in [0.4, 0.5) is 5.69 Å². The molecule has 0 bridgehead atoms. The molecular formula is C19H30N4O2S. The molecule has 2 aromatic heterocycles. The molecule has 0 aromatic carbocycles. The quantitative estimate of drug-likeness (QED) is 0.790. The van der Waals surface area contributed by atoms with Crippen molar-refractivity contribution < 1.29 is 8.42 Å². The normalized spacial score (nSPS) is 12.6. The van der Waals surface area contributed by atoms with E-state index in [4.69, 9.17) is 0 Å². The van der Waals surface area contributed by atoms with Crippen molar-refractivity contribution in [3.8, 4) is 0 Å². The second-order valence-electron chi connectivity index (χ2n) is 8.00. The van der Waals surface area contributed by atoms with Crippen molar-refractivity contribution in [1.82, 2.24) is 14.8 Å². The summed E-state index contributed by atoms with van der Waals surface area (Å²) >= 11 is 0. The lowest BCUT2D eigenvalue weighted by Crippen LogP contribution is -2.17. The van der Waals surface area contributed by atoms with Gasteiger partial charge in [-0.05, 0) is 30.9 Å². The van der Waals surface area contributed by atoms with Crippen LogP contribution in [0.25, 0.3) is 0 Å². The van der Waals surface area contributed by atoms with E-state index in [1.807, 2.05) is 32.4 Å². The Balaban J connectivity index is 2.24. The second-order valence-corrected chi connectivity index (χ2v) is 9.68. The van der Waals surface area contributed by atoms with E-state index < -0.39 is 10.0 Å². The van der Waals surface area contributed by atoms with Gasteiger partial charge in [-0.1, -0.05) is 41.5 Å². The average molecular weight is 379 g/mol. The molecule has 0 saturated carbocycles. The van der Waals surface area contributed by atoms with E-state index in [0.717, 1.165) is 24.4 Å². The molecule has 0 radical (unpaired) electrons. The van der Waals surface area contributed by atoms with E-state index in [1.54, 1.807) is 18.3 Å². The Labute approximate surface area is 157 Å². The van der Waals surface area contributed by atoms with Crippen LogP contribution in [0.15, 0.2) is 29.4 Å². The number of rotatable bonds is 7. The third kappa shape index (κ3) is 4.84. The molecule has 0 atom stereocenters. The van der Waals surface area contributed by atoms with E-state index >= 15 is 0 Å². The Morgan fingerprint density at radius 2 is 1.88 bits per heavy atom. The molecule has 0 unspecified atom stereocenters. The van der Waals surface area contributed by atoms with E-state index in [-0.39, 0.29) is 10.3 Å². The summed E-state index contributed by atoms with van der Waals surface area (Å²) in [5.41, 5.74) is 2.17. The number of hydrogen-bond acceptors (Lipinski definition) is 4. The van der Waals surface area contributed by atoms with Crippen molar-refractivity contribution in [3.05, 3.63) is 35.9 Å². The molecule has 6 nitrogen and oxygen atoms in total. The number of pyridine rings is 1. The molecule has 0 fully saturated rings. The molecule has 0 aliphatic carbocycles. The van der Waals surface area contributed by atoms with Gasteiger partial charge in [-0.15, -0.1) is 0 Å². The highest BCUT2D eigenvalue weighted by atomic mass is 32.2. The smallest absolute Gasteiger partial charge is 0.263 e. The van der Waals surface area contributed by atoms with Crippen molar-refractivity contribution in [1.29, 1.82) is 0 Å². The predicted octanol–water partition coefficient (Wildman–Crippen LogP) is 3.98. The third-order valence-electron chi connectivity index (χ3n) is 4.26. The van der Waals surface area contributed by atoms with Crippen LogP contribution in [0.3, 0.4) is 0 Å². The van der Waals surface area contributed by atoms with Crippen molar-refractivity contribution in [2.45, 2.75) is 71.2 Å². The fourth-order valence-corrected chi connectivity index (χ4v) is 3.65. The molecule has 2 aromatic rings. The van der Waals surface area contributed by atoms with Crippen LogP contribution >= 0.6 is 0 Å². The zero-order valence-corrected chi connectivity index (χ0v) is 17.4. The number of hydrogen-bond donors (Lipinski definition) is 1. The van der Waals surface area contributed by atoms with Gasteiger partial charge in [0, 0.05) is 23.9 Å². The number of nitrogens with zero attached hydrogens (tertiary/aromatic N) is 3. The molecule has 0 aliphatic heterocycles. The largest absolute Gasteiger partial charge is 0.276 e. The number of nitrogens with one attached hydrogen (secondary N) is 1. The minimum absolute atomic E-state index is 0.122. The van der Waals surface area contributed by atoms with Crippen LogP contribution in [-0.4, -0.2) is 23.2 Å². The minimum atomic E-state index is -3.69. The Morgan fingerprint density at radius 3 is 2.38 bits per heavy atom. The van der Waals surface area contributed by atoms with Gasteiger partial charge < -0.3 is 0 Å². The van der Waals surface area contributed by atoms with Crippen LogP contribution < -0.4 is 4.72 Å². The molecule has 1 N–H and O–H groups in total. The van der Waals surface area contributed by atoms with Crippen molar-refractivity contribution >= 4 is 15.7 Å². The lowest BCUT2D eigenvalue weighted by atomic mass is 9.92. The van der Waals surface area contributed by atoms with Gasteiger partial charge in [0.25, 0.3) is 10.0 Å². The van der Waals surface area contributed by atoms with Gasteiger partial charge in [0.2, 0.25) is 0 Å². The lowest BCUT2D eigenvalue weighted by Gasteiger charge is -2.17. The number of aromatic nitrogens is 3. The van der Waals surface area contributed by atoms with Gasteiger partial charge in [0.15, 0.2) is 0 Å². The highest BCUT2D eigenvalue weighted by Gasteiger charge is 2.21. The predicted molar refractivity (Wildman–Crippen MR) is 105 cm³/mol. The Kier molecular flexibility index (Phi) is 6.11. The average Bonchev–Trinajstić information content (AvgIpc) is 2.93. The van der Waals surface area contributed by atoms with Gasteiger partial charge in [-0.2, -0.15) is 5.10 Å². The summed E-state index contributed by atoms with van der Waals surface area (Å²) in [7, 11) is -3.69. The molecule has 0 amide bonds. The molecule has 2 heterocycles. The first-order valence-corrected chi connectivity index (χ1v) is 10.6. The molecule has 144 valence electrons. The standard InChI is InChI=1S/C19H30N4O2S/c1-7-17-16(13-21-23(17)11-10-14(2)3)22-26(24,25)15-8-9-18(20-12-15)19(4,5)6/h8-9,12-14,22H,7,10-11H2,1-6H3. The minimum Gasteiger partial charge on any atom is -0.276 e. The van der Waals surface area contributed by atoms with E-state index in [2.05, 4.69) is 28.7 Å². The second kappa shape index (κ2) is 7.78. The van der Waals surface area contributed by atoms with Crippen LogP contribution in [0.1, 0.15) is 59.4 Å². The number of anilines is 1. The van der Waals surface area contributed by atoms with Crippen molar-refractivity contribution in [2.24, 2.45) is 5.92 Å². The monoisotopic (exact) mass is 378 g/mol. The van der Waals surface area contributed by atoms with Gasteiger partial charge in [0.1, 0.15) is 4.90 Å². The highest BCUT2D eigenvalue weighted by Crippen LogP contribution is 2.24. The molecule has 0 saturated heterocycles. The molecule has 0 spiro atoms. The summed E-state index contributed by atoms with van der Waals surface area (Å²) in [6.07, 6.45) is 4.71. The SMILES string of the molecule is CCc1c(NS(=O)(=O)c2ccc(C(C)(C)C)nc2)cnn1CCC(C)C. The zero-order chi connectivity index (χ0) is 19.5. The first kappa shape index (κ1) is 20.4. The Hall–Kier alpha value is -1.89. The summed E-state index contributed by atoms with van der Waals surface area (Å²) in [5, 5.41) is 4.36. The van der Waals surface area contributed by atoms with E-state index in [9.17, 15) is 8.42 Å². The number of sulfonamides is 1.